The summed E-state index contributed by atoms with van der Waals surface area (Å²) in [5.41, 5.74) is 13.5. The summed E-state index contributed by atoms with van der Waals surface area (Å²) in [4.78, 5) is 26.0. The average Bonchev–Trinajstić information content (AvgIpc) is 3.11. The van der Waals surface area contributed by atoms with Gasteiger partial charge in [-0.3, -0.25) is 20.0 Å². The molecule has 2 aromatic heterocycles. The van der Waals surface area contributed by atoms with Crippen LogP contribution in [0.25, 0.3) is 0 Å². The summed E-state index contributed by atoms with van der Waals surface area (Å²) in [6.45, 7) is 22.0. The van der Waals surface area contributed by atoms with Gasteiger partial charge in [-0.25, -0.2) is 4.98 Å². The molecule has 0 saturated heterocycles. The molecule has 4 aromatic rings. The Balaban J connectivity index is 1.54. The lowest BCUT2D eigenvalue weighted by molar-refractivity contribution is 0.443. The topological polar surface area (TPSA) is 62.9 Å². The monoisotopic (exact) mass is 667 g/mol. The van der Waals surface area contributed by atoms with Gasteiger partial charge in [0.1, 0.15) is 0 Å². The van der Waals surface area contributed by atoms with Gasteiger partial charge in [0.05, 0.1) is 51.6 Å². The van der Waals surface area contributed by atoms with E-state index in [-0.39, 0.29) is 6.04 Å². The van der Waals surface area contributed by atoms with Crippen molar-refractivity contribution in [2.45, 2.75) is 131 Å². The molecule has 0 N–H and O–H groups in total. The van der Waals surface area contributed by atoms with Crippen LogP contribution in [0.4, 0.5) is 11.4 Å². The number of hydrogen-bond acceptors (Lipinski definition) is 5. The molecular weight excluding hydrogens is 611 g/mol. The molecule has 1 aliphatic carbocycles. The number of nitrogens with zero attached hydrogens (tertiary/aromatic N) is 5. The molecule has 0 amide bonds. The minimum atomic E-state index is 0.287. The molecule has 0 unspecified atom stereocenters. The van der Waals surface area contributed by atoms with Crippen LogP contribution in [-0.2, 0) is 0 Å². The van der Waals surface area contributed by atoms with E-state index in [1.807, 2.05) is 6.20 Å². The van der Waals surface area contributed by atoms with Gasteiger partial charge in [-0.1, -0.05) is 117 Å². The summed E-state index contributed by atoms with van der Waals surface area (Å²) >= 11 is 0. The van der Waals surface area contributed by atoms with E-state index in [1.165, 1.54) is 41.5 Å². The molecule has 5 rings (SSSR count). The Morgan fingerprint density at radius 3 is 1.48 bits per heavy atom. The van der Waals surface area contributed by atoms with E-state index in [4.69, 9.17) is 24.9 Å². The van der Waals surface area contributed by atoms with Crippen molar-refractivity contribution >= 4 is 28.5 Å². The van der Waals surface area contributed by atoms with E-state index in [9.17, 15) is 0 Å². The van der Waals surface area contributed by atoms with Crippen LogP contribution in [0.15, 0.2) is 87.9 Å². The van der Waals surface area contributed by atoms with E-state index < -0.39 is 0 Å². The first kappa shape index (κ1) is 37.0. The Morgan fingerprint density at radius 1 is 0.560 bits per heavy atom. The van der Waals surface area contributed by atoms with E-state index in [0.29, 0.717) is 23.7 Å². The van der Waals surface area contributed by atoms with Gasteiger partial charge in [-0.05, 0) is 96.9 Å². The normalized spacial score (nSPS) is 15.2. The highest BCUT2D eigenvalue weighted by atomic mass is 14.9. The molecule has 5 nitrogen and oxygen atoms in total. The molecule has 0 bridgehead atoms. The van der Waals surface area contributed by atoms with Crippen molar-refractivity contribution in [3.8, 4) is 0 Å². The zero-order chi connectivity index (χ0) is 35.9. The summed E-state index contributed by atoms with van der Waals surface area (Å²) in [5.74, 6) is 1.52. The van der Waals surface area contributed by atoms with Crippen LogP contribution in [-0.4, -0.2) is 33.1 Å². The molecule has 50 heavy (non-hydrogen) atoms. The fourth-order valence-corrected chi connectivity index (χ4v) is 6.93. The number of benzene rings is 2. The second-order valence-corrected chi connectivity index (χ2v) is 15.2. The van der Waals surface area contributed by atoms with Crippen LogP contribution < -0.4 is 0 Å². The number of hydrogen-bond donors (Lipinski definition) is 0. The molecular formula is C45H57N5. The summed E-state index contributed by atoms with van der Waals surface area (Å²) in [6, 6.07) is 23.9. The van der Waals surface area contributed by atoms with Crippen molar-refractivity contribution in [1.82, 2.24) is 9.97 Å². The van der Waals surface area contributed by atoms with Crippen LogP contribution in [0.2, 0.25) is 0 Å². The highest BCUT2D eigenvalue weighted by Crippen LogP contribution is 2.36. The maximum absolute atomic E-state index is 5.38. The van der Waals surface area contributed by atoms with E-state index in [2.05, 4.69) is 136 Å². The molecule has 1 aliphatic rings. The molecule has 2 aromatic carbocycles. The fraction of sp³-hybridized carbons (Fsp3) is 0.444. The summed E-state index contributed by atoms with van der Waals surface area (Å²) in [6.07, 6.45) is 7.90. The first-order valence-corrected chi connectivity index (χ1v) is 18.8. The number of aliphatic imine (C=N–C) groups is 3. The summed E-state index contributed by atoms with van der Waals surface area (Å²) in [5, 5.41) is 0. The first-order chi connectivity index (χ1) is 23.9. The maximum atomic E-state index is 5.38. The van der Waals surface area contributed by atoms with Crippen LogP contribution in [0.3, 0.4) is 0 Å². The summed E-state index contributed by atoms with van der Waals surface area (Å²) < 4.78 is 0. The van der Waals surface area contributed by atoms with Crippen LogP contribution in [0, 0.1) is 0 Å². The second-order valence-electron chi connectivity index (χ2n) is 15.2. The molecule has 0 aliphatic heterocycles. The van der Waals surface area contributed by atoms with Gasteiger partial charge in [-0.2, -0.15) is 0 Å². The zero-order valence-corrected chi connectivity index (χ0v) is 32.1. The van der Waals surface area contributed by atoms with Crippen molar-refractivity contribution in [3.05, 3.63) is 118 Å². The molecule has 0 spiro atoms. The fourth-order valence-electron chi connectivity index (χ4n) is 6.93. The molecule has 1 saturated carbocycles. The molecule has 0 atom stereocenters. The molecule has 1 fully saturated rings. The van der Waals surface area contributed by atoms with E-state index in [1.54, 1.807) is 0 Å². The smallest absolute Gasteiger partial charge is 0.0922 e. The standard InChI is InChI=1S/C45H57N5/c1-28(2)36-19-14-20-37(29(3)4)44(36)47-32(9)40-26-25-34(27-46-40)43(49-35-17-12-11-13-18-35)42-24-16-23-41(50-42)33(10)48-45-38(30(5)6)21-15-22-39(45)31(7)8/h14-16,19-31,35H,11-13,17-18H2,1-10H3. The van der Waals surface area contributed by atoms with Crippen molar-refractivity contribution in [1.29, 1.82) is 0 Å². The number of rotatable bonds is 11. The third kappa shape index (κ3) is 8.72. The van der Waals surface area contributed by atoms with Crippen LogP contribution >= 0.6 is 0 Å². The van der Waals surface area contributed by atoms with Gasteiger partial charge < -0.3 is 0 Å². The lowest BCUT2D eigenvalue weighted by atomic mass is 9.93. The summed E-state index contributed by atoms with van der Waals surface area (Å²) in [7, 11) is 0. The highest BCUT2D eigenvalue weighted by molar-refractivity contribution is 6.12. The van der Waals surface area contributed by atoms with Crippen molar-refractivity contribution in [2.24, 2.45) is 15.0 Å². The Kier molecular flexibility index (Phi) is 12.3. The predicted molar refractivity (Wildman–Crippen MR) is 214 cm³/mol. The Hall–Kier alpha value is -4.25. The molecule has 2 heterocycles. The van der Waals surface area contributed by atoms with Crippen LogP contribution in [0.5, 0.6) is 0 Å². The Labute approximate surface area is 301 Å². The minimum Gasteiger partial charge on any atom is -0.279 e. The highest BCUT2D eigenvalue weighted by Gasteiger charge is 2.19. The van der Waals surface area contributed by atoms with Crippen molar-refractivity contribution in [3.63, 3.8) is 0 Å². The Morgan fingerprint density at radius 2 is 1.02 bits per heavy atom. The SMILES string of the molecule is CC(=Nc1c(C(C)C)cccc1C(C)C)c1ccc(C(=NC2CCCCC2)c2cccc(C(C)=Nc3c(C(C)C)cccc3C(C)C)n2)cn1. The first-order valence-electron chi connectivity index (χ1n) is 18.8. The lowest BCUT2D eigenvalue weighted by Crippen LogP contribution is -2.17. The van der Waals surface area contributed by atoms with E-state index in [0.717, 1.165) is 64.0 Å². The zero-order valence-electron chi connectivity index (χ0n) is 32.1. The number of pyridine rings is 2. The quantitative estimate of drug-likeness (QED) is 0.149. The van der Waals surface area contributed by atoms with Crippen LogP contribution in [0.1, 0.15) is 170 Å². The van der Waals surface area contributed by atoms with E-state index >= 15 is 0 Å². The van der Waals surface area contributed by atoms with Gasteiger partial charge in [-0.15, -0.1) is 0 Å². The second kappa shape index (κ2) is 16.6. The molecule has 5 heteroatoms. The van der Waals surface area contributed by atoms with Crippen molar-refractivity contribution < 1.29 is 0 Å². The van der Waals surface area contributed by atoms with Crippen molar-refractivity contribution in [2.75, 3.05) is 0 Å². The van der Waals surface area contributed by atoms with Gasteiger partial charge in [0.15, 0.2) is 0 Å². The number of para-hydroxylation sites is 2. The number of aromatic nitrogens is 2. The lowest BCUT2D eigenvalue weighted by Gasteiger charge is -2.20. The minimum absolute atomic E-state index is 0.287. The predicted octanol–water partition coefficient (Wildman–Crippen LogP) is 12.4. The third-order valence-corrected chi connectivity index (χ3v) is 9.90. The Bertz CT molecular complexity index is 1800. The molecule has 262 valence electrons. The van der Waals surface area contributed by atoms with Gasteiger partial charge in [0.2, 0.25) is 0 Å². The maximum Gasteiger partial charge on any atom is 0.0922 e. The van der Waals surface area contributed by atoms with Gasteiger partial charge in [0.25, 0.3) is 0 Å². The largest absolute Gasteiger partial charge is 0.279 e. The van der Waals surface area contributed by atoms with Gasteiger partial charge >= 0.3 is 0 Å². The average molecular weight is 668 g/mol. The molecule has 0 radical (unpaired) electrons. The van der Waals surface area contributed by atoms with Gasteiger partial charge in [0, 0.05) is 11.8 Å². The third-order valence-electron chi connectivity index (χ3n) is 9.90.